The molecule has 6 aromatic heterocycles. The first kappa shape index (κ1) is 21.8. The molecule has 178 valence electrons. The molecule has 0 aromatic carbocycles. The van der Waals surface area contributed by atoms with E-state index in [0.717, 1.165) is 40.0 Å². The van der Waals surface area contributed by atoms with E-state index in [0.29, 0.717) is 35.0 Å². The Morgan fingerprint density at radius 1 is 0.944 bits per heavy atom. The summed E-state index contributed by atoms with van der Waals surface area (Å²) in [6, 6.07) is 11.7. The van der Waals surface area contributed by atoms with Gasteiger partial charge in [0.05, 0.1) is 22.9 Å². The third kappa shape index (κ3) is 4.14. The van der Waals surface area contributed by atoms with Crippen LogP contribution in [0.3, 0.4) is 0 Å². The number of ether oxygens (including phenoxy) is 1. The summed E-state index contributed by atoms with van der Waals surface area (Å²) in [6.45, 7) is 1.40. The summed E-state index contributed by atoms with van der Waals surface area (Å²) in [7, 11) is 4.02. The molecule has 0 atom stereocenters. The van der Waals surface area contributed by atoms with Crippen molar-refractivity contribution >= 4 is 22.2 Å². The Kier molecular flexibility index (Phi) is 5.55. The van der Waals surface area contributed by atoms with Crippen LogP contribution >= 0.6 is 0 Å². The van der Waals surface area contributed by atoms with Crippen LogP contribution in [0.25, 0.3) is 56.1 Å². The van der Waals surface area contributed by atoms with E-state index in [-0.39, 0.29) is 0 Å². The molecule has 0 spiro atoms. The molecule has 6 heterocycles. The van der Waals surface area contributed by atoms with E-state index in [1.165, 1.54) is 0 Å². The normalized spacial score (nSPS) is 11.5. The standard InChI is InChI=1S/C26H23N9O/c1-35(2)10-11-36-18-12-17(14-28-15-18)20-5-6-21-23(30-20)24(34-33-21)26-31-22-19(7-9-29-25(22)32-26)16-4-3-8-27-13-16/h3-9,12-15H,10-11H2,1-2H3,(H,33,34)(H,29,31,32). The molecule has 6 aromatic rings. The van der Waals surface area contributed by atoms with Gasteiger partial charge in [-0.1, -0.05) is 6.07 Å². The van der Waals surface area contributed by atoms with Crippen molar-refractivity contribution in [3.8, 4) is 39.7 Å². The van der Waals surface area contributed by atoms with Crippen LogP contribution in [0.4, 0.5) is 0 Å². The Bertz CT molecular complexity index is 1660. The summed E-state index contributed by atoms with van der Waals surface area (Å²) in [6.07, 6.45) is 8.80. The fourth-order valence-electron chi connectivity index (χ4n) is 3.99. The lowest BCUT2D eigenvalue weighted by Gasteiger charge is -2.11. The minimum absolute atomic E-state index is 0.581. The van der Waals surface area contributed by atoms with Gasteiger partial charge in [0.2, 0.25) is 0 Å². The van der Waals surface area contributed by atoms with Crippen molar-refractivity contribution < 1.29 is 4.74 Å². The molecule has 0 radical (unpaired) electrons. The molecular weight excluding hydrogens is 454 g/mol. The van der Waals surface area contributed by atoms with Gasteiger partial charge in [-0.15, -0.1) is 0 Å². The molecule has 0 aliphatic carbocycles. The van der Waals surface area contributed by atoms with E-state index in [9.17, 15) is 0 Å². The highest BCUT2D eigenvalue weighted by Crippen LogP contribution is 2.31. The van der Waals surface area contributed by atoms with Gasteiger partial charge < -0.3 is 14.6 Å². The van der Waals surface area contributed by atoms with Crippen molar-refractivity contribution in [2.24, 2.45) is 0 Å². The Balaban J connectivity index is 1.38. The highest BCUT2D eigenvalue weighted by molar-refractivity contribution is 5.94. The lowest BCUT2D eigenvalue weighted by atomic mass is 10.1. The van der Waals surface area contributed by atoms with Crippen LogP contribution in [0.15, 0.2) is 67.4 Å². The smallest absolute Gasteiger partial charge is 0.178 e. The predicted molar refractivity (Wildman–Crippen MR) is 137 cm³/mol. The van der Waals surface area contributed by atoms with Gasteiger partial charge in [-0.3, -0.25) is 15.1 Å². The van der Waals surface area contributed by atoms with Crippen molar-refractivity contribution in [2.45, 2.75) is 0 Å². The number of hydrogen-bond donors (Lipinski definition) is 2. The third-order valence-corrected chi connectivity index (χ3v) is 5.81. The van der Waals surface area contributed by atoms with Crippen LogP contribution in [0.1, 0.15) is 0 Å². The molecule has 10 heteroatoms. The van der Waals surface area contributed by atoms with Gasteiger partial charge in [-0.25, -0.2) is 15.0 Å². The first-order valence-corrected chi connectivity index (χ1v) is 11.5. The van der Waals surface area contributed by atoms with E-state index in [4.69, 9.17) is 14.7 Å². The van der Waals surface area contributed by atoms with E-state index in [1.807, 2.05) is 56.7 Å². The summed E-state index contributed by atoms with van der Waals surface area (Å²) >= 11 is 0. The number of H-pyrrole nitrogens is 2. The van der Waals surface area contributed by atoms with E-state index in [1.54, 1.807) is 24.8 Å². The average Bonchev–Trinajstić information content (AvgIpc) is 3.53. The largest absolute Gasteiger partial charge is 0.491 e. The Hall–Kier alpha value is -4.70. The summed E-state index contributed by atoms with van der Waals surface area (Å²) in [4.78, 5) is 28.1. The Morgan fingerprint density at radius 2 is 1.86 bits per heavy atom. The maximum atomic E-state index is 5.85. The minimum Gasteiger partial charge on any atom is -0.491 e. The van der Waals surface area contributed by atoms with Crippen LogP contribution in [0.2, 0.25) is 0 Å². The van der Waals surface area contributed by atoms with Crippen molar-refractivity contribution in [2.75, 3.05) is 27.2 Å². The van der Waals surface area contributed by atoms with Crippen LogP contribution in [0, 0.1) is 0 Å². The zero-order valence-corrected chi connectivity index (χ0v) is 19.8. The lowest BCUT2D eigenvalue weighted by Crippen LogP contribution is -2.19. The van der Waals surface area contributed by atoms with Crippen LogP contribution in [-0.2, 0) is 0 Å². The van der Waals surface area contributed by atoms with Crippen molar-refractivity contribution in [1.29, 1.82) is 0 Å². The lowest BCUT2D eigenvalue weighted by molar-refractivity contribution is 0.261. The fourth-order valence-corrected chi connectivity index (χ4v) is 3.99. The maximum Gasteiger partial charge on any atom is 0.178 e. The van der Waals surface area contributed by atoms with Crippen molar-refractivity contribution in [1.82, 2.24) is 45.0 Å². The summed E-state index contributed by atoms with van der Waals surface area (Å²) in [5, 5.41) is 7.56. The molecule has 36 heavy (non-hydrogen) atoms. The summed E-state index contributed by atoms with van der Waals surface area (Å²) < 4.78 is 5.85. The van der Waals surface area contributed by atoms with Gasteiger partial charge in [0.25, 0.3) is 0 Å². The molecule has 6 rings (SSSR count). The van der Waals surface area contributed by atoms with Crippen LogP contribution in [-0.4, -0.2) is 72.2 Å². The monoisotopic (exact) mass is 477 g/mol. The molecule has 0 saturated heterocycles. The van der Waals surface area contributed by atoms with E-state index in [2.05, 4.69) is 35.0 Å². The second-order valence-corrected chi connectivity index (χ2v) is 8.61. The van der Waals surface area contributed by atoms with Crippen molar-refractivity contribution in [3.05, 3.63) is 67.4 Å². The van der Waals surface area contributed by atoms with E-state index < -0.39 is 0 Å². The molecule has 0 amide bonds. The first-order valence-electron chi connectivity index (χ1n) is 11.5. The molecule has 0 saturated carbocycles. The molecule has 2 N–H and O–H groups in total. The molecular formula is C26H23N9O. The highest BCUT2D eigenvalue weighted by atomic mass is 16.5. The number of imidazole rings is 1. The molecule has 0 unspecified atom stereocenters. The predicted octanol–water partition coefficient (Wildman–Crippen LogP) is 3.96. The molecule has 0 aliphatic rings. The zero-order chi connectivity index (χ0) is 24.5. The van der Waals surface area contributed by atoms with Crippen LogP contribution < -0.4 is 4.74 Å². The second kappa shape index (κ2) is 9.16. The van der Waals surface area contributed by atoms with Gasteiger partial charge in [0, 0.05) is 48.0 Å². The quantitative estimate of drug-likeness (QED) is 0.354. The first-order chi connectivity index (χ1) is 17.7. The number of nitrogens with one attached hydrogen (secondary N) is 2. The topological polar surface area (TPSA) is 121 Å². The minimum atomic E-state index is 0.581. The number of fused-ring (bicyclic) bond motifs is 2. The second-order valence-electron chi connectivity index (χ2n) is 8.61. The van der Waals surface area contributed by atoms with Gasteiger partial charge in [-0.2, -0.15) is 5.10 Å². The number of aromatic nitrogens is 8. The molecule has 0 aliphatic heterocycles. The highest BCUT2D eigenvalue weighted by Gasteiger charge is 2.17. The van der Waals surface area contributed by atoms with Crippen LogP contribution in [0.5, 0.6) is 5.75 Å². The van der Waals surface area contributed by atoms with Gasteiger partial charge >= 0.3 is 0 Å². The van der Waals surface area contributed by atoms with Gasteiger partial charge in [0.1, 0.15) is 17.9 Å². The van der Waals surface area contributed by atoms with Gasteiger partial charge in [-0.05, 0) is 44.4 Å². The number of nitrogens with zero attached hydrogens (tertiary/aromatic N) is 7. The molecule has 0 fully saturated rings. The Morgan fingerprint density at radius 3 is 2.72 bits per heavy atom. The molecule has 10 nitrogen and oxygen atoms in total. The zero-order valence-electron chi connectivity index (χ0n) is 19.8. The van der Waals surface area contributed by atoms with Gasteiger partial charge in [0.15, 0.2) is 17.2 Å². The summed E-state index contributed by atoms with van der Waals surface area (Å²) in [5.74, 6) is 1.29. The Labute approximate surface area is 206 Å². The average molecular weight is 478 g/mol. The van der Waals surface area contributed by atoms with Crippen molar-refractivity contribution in [3.63, 3.8) is 0 Å². The summed E-state index contributed by atoms with van der Waals surface area (Å²) in [5.41, 5.74) is 7.12. The number of likely N-dealkylation sites (N-methyl/N-ethyl adjacent to an activating group) is 1. The number of hydrogen-bond acceptors (Lipinski definition) is 8. The van der Waals surface area contributed by atoms with E-state index >= 15 is 0 Å². The molecule has 0 bridgehead atoms. The third-order valence-electron chi connectivity index (χ3n) is 5.81. The fraction of sp³-hybridized carbons (Fsp3) is 0.154. The number of rotatable bonds is 7. The number of pyridine rings is 4. The number of aromatic amines is 2. The SMILES string of the molecule is CN(C)CCOc1cncc(-c2ccc3[nH]nc(-c4nc5nccc(-c6cccnc6)c5[nH]4)c3n2)c1. The maximum absolute atomic E-state index is 5.85.